The van der Waals surface area contributed by atoms with Crippen molar-refractivity contribution in [1.29, 1.82) is 0 Å². The van der Waals surface area contributed by atoms with Crippen LogP contribution in [-0.2, 0) is 62.1 Å². The lowest BCUT2D eigenvalue weighted by atomic mass is 9.78. The Hall–Kier alpha value is -7.77. The summed E-state index contributed by atoms with van der Waals surface area (Å²) in [5, 5.41) is 41.2. The lowest BCUT2D eigenvalue weighted by Gasteiger charge is -2.45. The van der Waals surface area contributed by atoms with E-state index in [1.807, 2.05) is 140 Å². The summed E-state index contributed by atoms with van der Waals surface area (Å²) in [5.74, 6) is -0.616. The van der Waals surface area contributed by atoms with Crippen molar-refractivity contribution in [3.63, 3.8) is 0 Å². The molecule has 7 aromatic rings. The average Bonchev–Trinajstić information content (AvgIpc) is 0.931. The maximum Gasteiger partial charge on any atom is 0.494 e. The maximum absolute atomic E-state index is 13.3. The fraction of sp³-hybridized carbons (Fsp3) is 0.453. The number of amides is 2. The summed E-state index contributed by atoms with van der Waals surface area (Å²) in [5.41, 5.74) is 0.500. The van der Waals surface area contributed by atoms with Crippen LogP contribution in [-0.4, -0.2) is 159 Å². The third kappa shape index (κ3) is 29.8. The highest BCUT2D eigenvalue weighted by Gasteiger charge is 2.52. The van der Waals surface area contributed by atoms with E-state index in [9.17, 15) is 54.0 Å². The number of carbonyl (C=O) groups is 4. The quantitative estimate of drug-likeness (QED) is 0.0193. The monoisotopic (exact) mass is 1830 g/mol. The topological polar surface area (TPSA) is 291 Å². The van der Waals surface area contributed by atoms with E-state index in [2.05, 4.69) is 121 Å². The van der Waals surface area contributed by atoms with Crippen LogP contribution in [0, 0.1) is 0 Å². The second-order valence-corrected chi connectivity index (χ2v) is 35.1. The molecule has 11 rings (SSSR count). The number of cyclic esters (lactones) is 2. The first-order chi connectivity index (χ1) is 53.2. The van der Waals surface area contributed by atoms with E-state index in [0.29, 0.717) is 70.4 Å². The normalized spacial score (nSPS) is 18.3. The number of β-amino-alcohol motifs (C(OH)–C–C–N with tert-alkyl or cyclic N) is 1. The number of carbonyl (C=O) groups excluding carboxylic acids is 4. The van der Waals surface area contributed by atoms with E-state index in [1.165, 1.54) is 27.3 Å². The Morgan fingerprint density at radius 3 is 1.38 bits per heavy atom. The molecule has 618 valence electrons. The van der Waals surface area contributed by atoms with Crippen LogP contribution < -0.4 is 22.1 Å². The number of aromatic nitrogens is 3. The third-order valence-electron chi connectivity index (χ3n) is 19.0. The van der Waals surface area contributed by atoms with Gasteiger partial charge in [-0.1, -0.05) is 137 Å². The van der Waals surface area contributed by atoms with E-state index in [1.54, 1.807) is 102 Å². The highest BCUT2D eigenvalue weighted by atomic mass is 79.9. The van der Waals surface area contributed by atoms with E-state index in [4.69, 9.17) is 23.5 Å². The number of ether oxygens (including phenoxy) is 4. The molecule has 2 amide bonds. The van der Waals surface area contributed by atoms with Gasteiger partial charge in [-0.3, -0.25) is 24.0 Å². The lowest BCUT2D eigenvalue weighted by molar-refractivity contribution is -0.144. The standard InChI is InChI=1S/C31H40N2O4.C28H38BNO5.C9H10BrNO3.C9H12BrNO2.C5H4BrNO.C4H7BrO2/c1-23(24-13-15-25(16-14-24)26-10-9-18-32(20-26)22-30(4,5)36)33-19-17-31(37-28(33)34,21-29(2,3)35)27-11-7-6-8-12-27;1-20(21-13-15-23(16-14-21)29-34-26(4,5)27(6,7)35-29)30-18-17-28(33-24(30)31,19-25(2,3)32)22-11-9-8-10-12-22;1-2-14-9(13)6-11-5-7(10)3-4-8(11)12;1-9(2,13)6-11-5-7(10)3-4-8(11)12;6-4-1-2-5(8)7-3-4;1-2-7-4(6)3-5/h6-16,20,23,35-36H,17-19,21-22H2,1-5H3;8-16,20,32H,17-19H2,1-7H3;3-5H,2,6H2,1H3;3-5,13H,6H2,1-2H3;1-3H,(H,7,8);2-3H2,1H3/t23-,31-;20-,28-;;;;/m00..../s1. The van der Waals surface area contributed by atoms with Gasteiger partial charge in [-0.2, -0.15) is 0 Å². The molecule has 4 aliphatic heterocycles. The molecule has 0 radical (unpaired) electrons. The number of halogens is 4. The molecular formula is C86H111BBr4N6O17. The molecular weight excluding hydrogens is 1720 g/mol. The van der Waals surface area contributed by atoms with Gasteiger partial charge in [0, 0.05) is 108 Å². The number of aromatic amines is 1. The van der Waals surface area contributed by atoms with Crippen molar-refractivity contribution in [2.45, 2.75) is 206 Å². The van der Waals surface area contributed by atoms with Gasteiger partial charge < -0.3 is 77.5 Å². The van der Waals surface area contributed by atoms with Crippen molar-refractivity contribution in [2.24, 2.45) is 0 Å². The summed E-state index contributed by atoms with van der Waals surface area (Å²) >= 11 is 12.6. The highest BCUT2D eigenvalue weighted by molar-refractivity contribution is 9.11. The Morgan fingerprint density at radius 1 is 0.553 bits per heavy atom. The van der Waals surface area contributed by atoms with Crippen molar-refractivity contribution < 1.29 is 67.9 Å². The molecule has 3 aromatic heterocycles. The summed E-state index contributed by atoms with van der Waals surface area (Å²) in [7, 11) is -0.419. The van der Waals surface area contributed by atoms with Gasteiger partial charge in [0.2, 0.25) is 5.56 Å². The van der Waals surface area contributed by atoms with Gasteiger partial charge in [-0.25, -0.2) is 9.59 Å². The molecule has 0 bridgehead atoms. The van der Waals surface area contributed by atoms with Crippen molar-refractivity contribution in [3.05, 3.63) is 255 Å². The number of esters is 2. The third-order valence-corrected chi connectivity index (χ3v) is 20.8. The van der Waals surface area contributed by atoms with Gasteiger partial charge in [-0.05, 0) is 216 Å². The number of H-pyrrole nitrogens is 1. The number of nitrogens with one attached hydrogen (secondary N) is 1. The van der Waals surface area contributed by atoms with Gasteiger partial charge in [0.1, 0.15) is 23.1 Å². The fourth-order valence-electron chi connectivity index (χ4n) is 13.0. The maximum atomic E-state index is 13.3. The largest absolute Gasteiger partial charge is 0.494 e. The van der Waals surface area contributed by atoms with E-state index in [0.717, 1.165) is 58.8 Å². The average molecular weight is 1830 g/mol. The molecule has 4 aliphatic rings. The highest BCUT2D eigenvalue weighted by Crippen LogP contribution is 2.45. The molecule has 23 nitrogen and oxygen atoms in total. The molecule has 0 unspecified atom stereocenters. The predicted octanol–water partition coefficient (Wildman–Crippen LogP) is 15.2. The summed E-state index contributed by atoms with van der Waals surface area (Å²) in [6.45, 7) is 33.1. The van der Waals surface area contributed by atoms with Crippen molar-refractivity contribution in [3.8, 4) is 0 Å². The second-order valence-electron chi connectivity index (χ2n) is 31.8. The first kappa shape index (κ1) is 95.1. The van der Waals surface area contributed by atoms with Gasteiger partial charge in [-0.15, -0.1) is 0 Å². The molecule has 0 spiro atoms. The van der Waals surface area contributed by atoms with Crippen molar-refractivity contribution in [1.82, 2.24) is 28.8 Å². The van der Waals surface area contributed by atoms with E-state index in [-0.39, 0.29) is 53.5 Å². The molecule has 3 saturated heterocycles. The molecule has 28 heteroatoms. The number of allylic oxidation sites excluding steroid dienone is 2. The molecule has 7 heterocycles. The number of benzene rings is 4. The van der Waals surface area contributed by atoms with E-state index >= 15 is 0 Å². The SMILES string of the molecule is CC(C)(O)Cn1cc(Br)ccc1=O.CCOC(=O)CBr.CCOC(=O)Cn1cc(Br)ccc1=O.C[C@@H](c1ccc(B2OC(C)(C)C(C)(C)O2)cc1)N1CC[C@](CC(C)(C)O)(c2ccccc2)OC1=O.C[C@@H](c1ccc(C2=CN(CC(C)(C)O)CC=C2)cc1)N1CC[C@](CC(C)(C)O)(c2ccccc2)OC1=O.O=c1ccc(Br)c[nH]1. The predicted molar refractivity (Wildman–Crippen MR) is 459 cm³/mol. The molecule has 3 fully saturated rings. The van der Waals surface area contributed by atoms with Crippen molar-refractivity contribution in [2.75, 3.05) is 44.7 Å². The first-order valence-corrected chi connectivity index (χ1v) is 41.3. The zero-order chi connectivity index (χ0) is 84.8. The number of alkyl halides is 1. The Bertz CT molecular complexity index is 4500. The van der Waals surface area contributed by atoms with Crippen molar-refractivity contribution >= 4 is 106 Å². The van der Waals surface area contributed by atoms with Gasteiger partial charge in [0.25, 0.3) is 11.1 Å². The lowest BCUT2D eigenvalue weighted by Crippen LogP contribution is -2.51. The number of nitrogens with zero attached hydrogens (tertiary/aromatic N) is 5. The molecule has 4 atom stereocenters. The summed E-state index contributed by atoms with van der Waals surface area (Å²) in [4.78, 5) is 88.8. The molecule has 0 aliphatic carbocycles. The van der Waals surface area contributed by atoms with Gasteiger partial charge in [0.15, 0.2) is 0 Å². The summed E-state index contributed by atoms with van der Waals surface area (Å²) in [6.07, 6.45) is 12.3. The zero-order valence-electron chi connectivity index (χ0n) is 68.1. The Morgan fingerprint density at radius 2 is 0.982 bits per heavy atom. The molecule has 0 saturated carbocycles. The minimum atomic E-state index is -0.982. The van der Waals surface area contributed by atoms with Crippen LogP contribution in [0.25, 0.3) is 5.57 Å². The molecule has 114 heavy (non-hydrogen) atoms. The Labute approximate surface area is 703 Å². The van der Waals surface area contributed by atoms with Crippen LogP contribution in [0.4, 0.5) is 9.59 Å². The van der Waals surface area contributed by atoms with Crippen LogP contribution in [0.2, 0.25) is 0 Å². The minimum Gasteiger partial charge on any atom is -0.465 e. The van der Waals surface area contributed by atoms with Crippen LogP contribution >= 0.6 is 63.7 Å². The number of hydrogen-bond donors (Lipinski definition) is 5. The summed E-state index contributed by atoms with van der Waals surface area (Å²) < 4.78 is 39.1. The minimum absolute atomic E-state index is 0.0495. The molecule has 5 N–H and O–H groups in total. The smallest absolute Gasteiger partial charge is 0.465 e. The number of rotatable bonds is 21. The van der Waals surface area contributed by atoms with E-state index < -0.39 is 57.9 Å². The zero-order valence-corrected chi connectivity index (χ0v) is 74.4. The number of hydrogen-bond acceptors (Lipinski definition) is 18. The fourth-order valence-corrected chi connectivity index (χ4v) is 14.2. The van der Waals surface area contributed by atoms with Crippen LogP contribution in [0.15, 0.2) is 210 Å². The van der Waals surface area contributed by atoms with Crippen LogP contribution in [0.3, 0.4) is 0 Å². The van der Waals surface area contributed by atoms with Crippen LogP contribution in [0.5, 0.6) is 0 Å². The summed E-state index contributed by atoms with van der Waals surface area (Å²) in [6, 6.07) is 44.8. The Kier molecular flexibility index (Phi) is 34.9. The first-order valence-electron chi connectivity index (χ1n) is 37.8. The second kappa shape index (κ2) is 41.9. The number of pyridine rings is 3. The van der Waals surface area contributed by atoms with Gasteiger partial charge in [0.05, 0.1) is 65.4 Å². The number of aliphatic hydroxyl groups is 4. The molecule has 4 aromatic carbocycles. The van der Waals surface area contributed by atoms with Crippen LogP contribution in [0.1, 0.15) is 176 Å². The Balaban J connectivity index is 0.000000238. The van der Waals surface area contributed by atoms with Gasteiger partial charge >= 0.3 is 31.2 Å².